The number of hydrogen-bond donors (Lipinski definition) is 3. The topological polar surface area (TPSA) is 90.9 Å². The Morgan fingerprint density at radius 1 is 1.33 bits per heavy atom. The van der Waals surface area contributed by atoms with Gasteiger partial charge < -0.3 is 25.4 Å². The van der Waals surface area contributed by atoms with Crippen LogP contribution in [0.2, 0.25) is 0 Å². The number of hydrogen-bond acceptors (Lipinski definition) is 4. The highest BCUT2D eigenvalue weighted by Crippen LogP contribution is 2.19. The van der Waals surface area contributed by atoms with Gasteiger partial charge in [-0.15, -0.1) is 0 Å². The lowest BCUT2D eigenvalue weighted by atomic mass is 10.1. The Balaban J connectivity index is 1.65. The molecule has 3 atom stereocenters. The van der Waals surface area contributed by atoms with Gasteiger partial charge in [0.25, 0.3) is 0 Å². The van der Waals surface area contributed by atoms with Crippen molar-refractivity contribution in [2.75, 3.05) is 26.2 Å². The van der Waals surface area contributed by atoms with E-state index in [0.717, 1.165) is 32.5 Å². The molecule has 2 amide bonds. The van der Waals surface area contributed by atoms with Crippen molar-refractivity contribution in [3.05, 3.63) is 0 Å². The Morgan fingerprint density at radius 3 is 2.81 bits per heavy atom. The molecule has 0 aliphatic carbocycles. The van der Waals surface area contributed by atoms with Crippen LogP contribution in [0.15, 0.2) is 0 Å². The summed E-state index contributed by atoms with van der Waals surface area (Å²) in [4.78, 5) is 25.0. The fourth-order valence-corrected chi connectivity index (χ4v) is 2.94. The first kappa shape index (κ1) is 16.0. The van der Waals surface area contributed by atoms with Gasteiger partial charge in [-0.25, -0.2) is 9.59 Å². The average molecular weight is 299 g/mol. The predicted molar refractivity (Wildman–Crippen MR) is 77.2 cm³/mol. The Bertz CT molecular complexity index is 377. The first-order valence-corrected chi connectivity index (χ1v) is 7.73. The highest BCUT2D eigenvalue weighted by molar-refractivity contribution is 5.74. The Morgan fingerprint density at radius 2 is 2.14 bits per heavy atom. The molecule has 7 nitrogen and oxygen atoms in total. The molecular formula is C14H25N3O4. The van der Waals surface area contributed by atoms with Gasteiger partial charge in [0.15, 0.2) is 6.10 Å². The molecule has 120 valence electrons. The number of urea groups is 1. The van der Waals surface area contributed by atoms with Crippen LogP contribution in [0.3, 0.4) is 0 Å². The van der Waals surface area contributed by atoms with Crippen molar-refractivity contribution in [2.24, 2.45) is 0 Å². The summed E-state index contributed by atoms with van der Waals surface area (Å²) in [7, 11) is 0. The fourth-order valence-electron chi connectivity index (χ4n) is 2.94. The number of likely N-dealkylation sites (tertiary alicyclic amines) is 1. The summed E-state index contributed by atoms with van der Waals surface area (Å²) in [5, 5.41) is 14.6. The Kier molecular flexibility index (Phi) is 5.81. The molecule has 0 spiro atoms. The number of nitrogens with zero attached hydrogens (tertiary/aromatic N) is 1. The van der Waals surface area contributed by atoms with Crippen LogP contribution in [-0.2, 0) is 9.53 Å². The zero-order chi connectivity index (χ0) is 15.2. The molecule has 0 aromatic carbocycles. The normalized spacial score (nSPS) is 30.0. The smallest absolute Gasteiger partial charge is 0.332 e. The summed E-state index contributed by atoms with van der Waals surface area (Å²) in [5.74, 6) is -0.927. The molecule has 2 heterocycles. The highest BCUT2D eigenvalue weighted by Gasteiger charge is 2.30. The van der Waals surface area contributed by atoms with Crippen LogP contribution in [-0.4, -0.2) is 66.4 Å². The summed E-state index contributed by atoms with van der Waals surface area (Å²) in [6.45, 7) is 5.48. The third-order valence-corrected chi connectivity index (χ3v) is 4.16. The fraction of sp³-hybridized carbons (Fsp3) is 0.857. The third-order valence-electron chi connectivity index (χ3n) is 4.16. The zero-order valence-electron chi connectivity index (χ0n) is 12.5. The van der Waals surface area contributed by atoms with Crippen molar-refractivity contribution in [3.63, 3.8) is 0 Å². The number of nitrogens with one attached hydrogen (secondary N) is 2. The van der Waals surface area contributed by atoms with Gasteiger partial charge in [0.1, 0.15) is 0 Å². The molecule has 3 N–H and O–H groups in total. The van der Waals surface area contributed by atoms with Gasteiger partial charge in [0, 0.05) is 19.1 Å². The number of carboxylic acid groups (broad SMARTS) is 1. The number of ether oxygens (including phenoxy) is 1. The van der Waals surface area contributed by atoms with Gasteiger partial charge in [-0.05, 0) is 38.8 Å². The van der Waals surface area contributed by atoms with E-state index in [9.17, 15) is 9.59 Å². The van der Waals surface area contributed by atoms with Crippen molar-refractivity contribution in [2.45, 2.75) is 50.9 Å². The van der Waals surface area contributed by atoms with Crippen molar-refractivity contribution in [3.8, 4) is 0 Å². The van der Waals surface area contributed by atoms with Gasteiger partial charge in [0.05, 0.1) is 6.10 Å². The SMILES string of the molecule is CCN1CCCC(NC(=O)NCC2CCC(C(=O)O)O2)C1. The molecule has 2 saturated heterocycles. The largest absolute Gasteiger partial charge is 0.479 e. The van der Waals surface area contributed by atoms with Gasteiger partial charge >= 0.3 is 12.0 Å². The molecule has 2 fully saturated rings. The maximum Gasteiger partial charge on any atom is 0.332 e. The molecule has 7 heteroatoms. The zero-order valence-corrected chi connectivity index (χ0v) is 12.5. The van der Waals surface area contributed by atoms with E-state index in [2.05, 4.69) is 22.5 Å². The van der Waals surface area contributed by atoms with E-state index in [1.165, 1.54) is 0 Å². The van der Waals surface area contributed by atoms with Crippen LogP contribution in [0.1, 0.15) is 32.6 Å². The third kappa shape index (κ3) is 4.86. The minimum Gasteiger partial charge on any atom is -0.479 e. The number of piperidine rings is 1. The van der Waals surface area contributed by atoms with Crippen molar-refractivity contribution < 1.29 is 19.4 Å². The van der Waals surface area contributed by atoms with Gasteiger partial charge in [-0.1, -0.05) is 6.92 Å². The quantitative estimate of drug-likeness (QED) is 0.683. The number of likely N-dealkylation sites (N-methyl/N-ethyl adjacent to an activating group) is 1. The van der Waals surface area contributed by atoms with Crippen molar-refractivity contribution in [1.82, 2.24) is 15.5 Å². The van der Waals surface area contributed by atoms with E-state index < -0.39 is 12.1 Å². The maximum atomic E-state index is 11.9. The molecule has 2 aliphatic rings. The Labute approximate surface area is 125 Å². The van der Waals surface area contributed by atoms with Crippen LogP contribution in [0.5, 0.6) is 0 Å². The van der Waals surface area contributed by atoms with Crippen molar-refractivity contribution >= 4 is 12.0 Å². The number of amides is 2. The molecule has 0 aromatic rings. The van der Waals surface area contributed by atoms with Crippen molar-refractivity contribution in [1.29, 1.82) is 0 Å². The van der Waals surface area contributed by atoms with Crippen LogP contribution in [0.4, 0.5) is 4.79 Å². The van der Waals surface area contributed by atoms with Gasteiger partial charge in [-0.2, -0.15) is 0 Å². The Hall–Kier alpha value is -1.34. The summed E-state index contributed by atoms with van der Waals surface area (Å²) in [6, 6.07) is -0.00436. The number of carbonyl (C=O) groups is 2. The lowest BCUT2D eigenvalue weighted by Gasteiger charge is -2.32. The van der Waals surface area contributed by atoms with Gasteiger partial charge in [0.2, 0.25) is 0 Å². The minimum absolute atomic E-state index is 0.190. The minimum atomic E-state index is -0.927. The molecule has 0 aromatic heterocycles. The summed E-state index contributed by atoms with van der Waals surface area (Å²) in [5.41, 5.74) is 0. The van der Waals surface area contributed by atoms with E-state index in [0.29, 0.717) is 19.4 Å². The number of carboxylic acids is 1. The summed E-state index contributed by atoms with van der Waals surface area (Å²) < 4.78 is 5.35. The number of carbonyl (C=O) groups excluding carboxylic acids is 1. The van der Waals surface area contributed by atoms with Crippen LogP contribution in [0.25, 0.3) is 0 Å². The predicted octanol–water partition coefficient (Wildman–Crippen LogP) is 0.402. The highest BCUT2D eigenvalue weighted by atomic mass is 16.5. The summed E-state index contributed by atoms with van der Waals surface area (Å²) >= 11 is 0. The van der Waals surface area contributed by atoms with E-state index in [1.807, 2.05) is 0 Å². The first-order chi connectivity index (χ1) is 10.1. The second-order valence-corrected chi connectivity index (χ2v) is 5.75. The number of aliphatic carboxylic acids is 1. The van der Waals surface area contributed by atoms with Crippen LogP contribution < -0.4 is 10.6 Å². The lowest BCUT2D eigenvalue weighted by molar-refractivity contribution is -0.149. The van der Waals surface area contributed by atoms with Crippen LogP contribution in [0, 0.1) is 0 Å². The average Bonchev–Trinajstić information content (AvgIpc) is 2.94. The molecule has 21 heavy (non-hydrogen) atoms. The standard InChI is InChI=1S/C14H25N3O4/c1-2-17-7-3-4-10(9-17)16-14(20)15-8-11-5-6-12(21-11)13(18)19/h10-12H,2-9H2,1H3,(H,18,19)(H2,15,16,20). The van der Waals surface area contributed by atoms with E-state index >= 15 is 0 Å². The van der Waals surface area contributed by atoms with E-state index in [-0.39, 0.29) is 18.2 Å². The second kappa shape index (κ2) is 7.61. The molecular weight excluding hydrogens is 274 g/mol. The maximum absolute atomic E-state index is 11.9. The lowest BCUT2D eigenvalue weighted by Crippen LogP contribution is -2.51. The van der Waals surface area contributed by atoms with E-state index in [1.54, 1.807) is 0 Å². The molecule has 0 bridgehead atoms. The summed E-state index contributed by atoms with van der Waals surface area (Å²) in [6.07, 6.45) is 2.36. The molecule has 2 rings (SSSR count). The molecule has 0 saturated carbocycles. The monoisotopic (exact) mass is 299 g/mol. The first-order valence-electron chi connectivity index (χ1n) is 7.73. The van der Waals surface area contributed by atoms with Gasteiger partial charge in [-0.3, -0.25) is 0 Å². The second-order valence-electron chi connectivity index (χ2n) is 5.75. The van der Waals surface area contributed by atoms with E-state index in [4.69, 9.17) is 9.84 Å². The molecule has 2 aliphatic heterocycles. The van der Waals surface area contributed by atoms with Crippen LogP contribution >= 0.6 is 0 Å². The molecule has 0 radical (unpaired) electrons. The molecule has 3 unspecified atom stereocenters. The number of rotatable bonds is 5.